The average Bonchev–Trinajstić information content (AvgIpc) is 3.22. The lowest BCUT2D eigenvalue weighted by Gasteiger charge is -2.27. The molecular formula is C26H36ClN3O2. The summed E-state index contributed by atoms with van der Waals surface area (Å²) in [5, 5.41) is 0.875. The lowest BCUT2D eigenvalue weighted by Crippen LogP contribution is -2.38. The van der Waals surface area contributed by atoms with Crippen LogP contribution >= 0.6 is 11.6 Å². The highest BCUT2D eigenvalue weighted by atomic mass is 35.5. The van der Waals surface area contributed by atoms with Crippen molar-refractivity contribution >= 4 is 23.3 Å². The number of benzene rings is 1. The van der Waals surface area contributed by atoms with Gasteiger partial charge in [-0.3, -0.25) is 9.59 Å². The standard InChI is InChI=1S/C18H27N3O2.C8H9Cl/c1-4-5-6-7-14(2)8-9-18(23)20-10-11-21-16(15(3)22)12-19-17(21)13-20;1-2-7-5-3-4-6-8(7)9/h8-9,12,14H,4-7,10-11,13H2,1-3H3;3-6H,2H2,1H3/b9-8+;. The van der Waals surface area contributed by atoms with Gasteiger partial charge in [-0.25, -0.2) is 4.98 Å². The van der Waals surface area contributed by atoms with Crippen molar-refractivity contribution in [2.75, 3.05) is 6.54 Å². The van der Waals surface area contributed by atoms with E-state index in [0.29, 0.717) is 31.2 Å². The van der Waals surface area contributed by atoms with Crippen molar-refractivity contribution in [1.82, 2.24) is 14.5 Å². The summed E-state index contributed by atoms with van der Waals surface area (Å²) >= 11 is 5.82. The topological polar surface area (TPSA) is 55.2 Å². The van der Waals surface area contributed by atoms with Gasteiger partial charge in [0.1, 0.15) is 11.5 Å². The first kappa shape index (κ1) is 25.9. The lowest BCUT2D eigenvalue weighted by molar-refractivity contribution is -0.127. The number of aryl methyl sites for hydroxylation is 1. The van der Waals surface area contributed by atoms with E-state index < -0.39 is 0 Å². The van der Waals surface area contributed by atoms with Crippen LogP contribution in [0.5, 0.6) is 0 Å². The fourth-order valence-electron chi connectivity index (χ4n) is 3.68. The van der Waals surface area contributed by atoms with Crippen LogP contribution in [0.4, 0.5) is 0 Å². The predicted octanol–water partition coefficient (Wildman–Crippen LogP) is 6.10. The van der Waals surface area contributed by atoms with Gasteiger partial charge < -0.3 is 9.47 Å². The number of hydrogen-bond donors (Lipinski definition) is 0. The summed E-state index contributed by atoms with van der Waals surface area (Å²) in [5.41, 5.74) is 1.85. The van der Waals surface area contributed by atoms with Crippen LogP contribution in [0.25, 0.3) is 0 Å². The maximum atomic E-state index is 12.3. The average molecular weight is 458 g/mol. The van der Waals surface area contributed by atoms with Crippen LogP contribution in [0, 0.1) is 5.92 Å². The van der Waals surface area contributed by atoms with Crippen molar-refractivity contribution in [3.05, 3.63) is 64.7 Å². The second kappa shape index (κ2) is 13.2. The molecule has 32 heavy (non-hydrogen) atoms. The van der Waals surface area contributed by atoms with Crippen LogP contribution < -0.4 is 0 Å². The number of hydrogen-bond acceptors (Lipinski definition) is 3. The van der Waals surface area contributed by atoms with Crippen LogP contribution in [0.1, 0.15) is 75.3 Å². The van der Waals surface area contributed by atoms with Crippen LogP contribution in [0.15, 0.2) is 42.6 Å². The van der Waals surface area contributed by atoms with Crippen LogP contribution in [-0.4, -0.2) is 32.7 Å². The van der Waals surface area contributed by atoms with Crippen LogP contribution in [-0.2, 0) is 24.3 Å². The van der Waals surface area contributed by atoms with Gasteiger partial charge in [-0.1, -0.05) is 75.9 Å². The minimum Gasteiger partial charge on any atom is -0.330 e. The van der Waals surface area contributed by atoms with Crippen molar-refractivity contribution in [3.63, 3.8) is 0 Å². The molecule has 0 saturated heterocycles. The predicted molar refractivity (Wildman–Crippen MR) is 131 cm³/mol. The maximum absolute atomic E-state index is 12.3. The van der Waals surface area contributed by atoms with E-state index in [4.69, 9.17) is 11.6 Å². The van der Waals surface area contributed by atoms with E-state index in [1.165, 1.54) is 24.8 Å². The summed E-state index contributed by atoms with van der Waals surface area (Å²) in [7, 11) is 0. The second-order valence-electron chi connectivity index (χ2n) is 8.30. The SMILES string of the molecule is CCCCCC(C)/C=C/C(=O)N1CCn2c(C(C)=O)cnc2C1.CCc1ccccc1Cl. The first-order chi connectivity index (χ1) is 15.4. The Balaban J connectivity index is 0.000000336. The Morgan fingerprint density at radius 1 is 1.19 bits per heavy atom. The summed E-state index contributed by atoms with van der Waals surface area (Å²) in [6.07, 6.45) is 11.1. The van der Waals surface area contributed by atoms with Crippen molar-refractivity contribution in [2.24, 2.45) is 5.92 Å². The fraction of sp³-hybridized carbons (Fsp3) is 0.500. The van der Waals surface area contributed by atoms with Crippen molar-refractivity contribution in [2.45, 2.75) is 72.9 Å². The number of amides is 1. The summed E-state index contributed by atoms with van der Waals surface area (Å²) in [4.78, 5) is 29.9. The van der Waals surface area contributed by atoms with E-state index in [-0.39, 0.29) is 11.7 Å². The summed E-state index contributed by atoms with van der Waals surface area (Å²) in [6.45, 7) is 9.72. The van der Waals surface area contributed by atoms with E-state index in [0.717, 1.165) is 23.7 Å². The number of halogens is 1. The zero-order chi connectivity index (χ0) is 23.5. The molecule has 2 aromatic rings. The molecule has 1 unspecified atom stereocenters. The maximum Gasteiger partial charge on any atom is 0.246 e. The number of nitrogens with zero attached hydrogens (tertiary/aromatic N) is 3. The molecule has 0 saturated carbocycles. The monoisotopic (exact) mass is 457 g/mol. The summed E-state index contributed by atoms with van der Waals surface area (Å²) in [5.74, 6) is 1.27. The number of carbonyl (C=O) groups excluding carboxylic acids is 2. The molecule has 174 valence electrons. The Labute approximate surface area is 197 Å². The van der Waals surface area contributed by atoms with Gasteiger partial charge in [0, 0.05) is 25.0 Å². The van der Waals surface area contributed by atoms with Gasteiger partial charge in [-0.15, -0.1) is 0 Å². The molecule has 2 heterocycles. The molecular weight excluding hydrogens is 422 g/mol. The molecule has 6 heteroatoms. The van der Waals surface area contributed by atoms with Crippen molar-refractivity contribution in [1.29, 1.82) is 0 Å². The minimum atomic E-state index is 0.0179. The van der Waals surface area contributed by atoms with E-state index in [2.05, 4.69) is 25.8 Å². The lowest BCUT2D eigenvalue weighted by atomic mass is 10.0. The molecule has 1 aliphatic rings. The first-order valence-electron chi connectivity index (χ1n) is 11.6. The minimum absolute atomic E-state index is 0.0179. The molecule has 3 rings (SSSR count). The number of fused-ring (bicyclic) bond motifs is 1. The van der Waals surface area contributed by atoms with E-state index in [9.17, 15) is 9.59 Å². The van der Waals surface area contributed by atoms with Gasteiger partial charge in [0.15, 0.2) is 5.78 Å². The smallest absolute Gasteiger partial charge is 0.246 e. The van der Waals surface area contributed by atoms with Gasteiger partial charge >= 0.3 is 0 Å². The Hall–Kier alpha value is -2.40. The van der Waals surface area contributed by atoms with Gasteiger partial charge in [0.25, 0.3) is 0 Å². The summed E-state index contributed by atoms with van der Waals surface area (Å²) < 4.78 is 1.92. The van der Waals surface area contributed by atoms with Crippen LogP contribution in [0.2, 0.25) is 5.02 Å². The zero-order valence-corrected chi connectivity index (χ0v) is 20.6. The van der Waals surface area contributed by atoms with Gasteiger partial charge in [-0.2, -0.15) is 0 Å². The number of ketones is 1. The number of imidazole rings is 1. The molecule has 0 N–H and O–H groups in total. The zero-order valence-electron chi connectivity index (χ0n) is 19.8. The number of Topliss-reactive ketones (excluding diaryl/α,β-unsaturated/α-hetero) is 1. The first-order valence-corrected chi connectivity index (χ1v) is 12.0. The normalized spacial score (nSPS) is 14.0. The van der Waals surface area contributed by atoms with Crippen molar-refractivity contribution < 1.29 is 9.59 Å². The molecule has 0 bridgehead atoms. The Morgan fingerprint density at radius 3 is 2.56 bits per heavy atom. The van der Waals surface area contributed by atoms with Gasteiger partial charge in [-0.05, 0) is 36.5 Å². The molecule has 0 spiro atoms. The molecule has 0 fully saturated rings. The van der Waals surface area contributed by atoms with Gasteiger partial charge in [0.2, 0.25) is 5.91 Å². The quantitative estimate of drug-likeness (QED) is 0.273. The number of carbonyl (C=O) groups is 2. The number of unbranched alkanes of at least 4 members (excludes halogenated alkanes) is 2. The van der Waals surface area contributed by atoms with E-state index in [1.54, 1.807) is 24.1 Å². The number of rotatable bonds is 8. The van der Waals surface area contributed by atoms with E-state index in [1.807, 2.05) is 34.9 Å². The molecule has 1 aliphatic heterocycles. The largest absolute Gasteiger partial charge is 0.330 e. The molecule has 1 atom stereocenters. The Morgan fingerprint density at radius 2 is 1.94 bits per heavy atom. The van der Waals surface area contributed by atoms with E-state index >= 15 is 0 Å². The highest BCUT2D eigenvalue weighted by Gasteiger charge is 2.23. The third kappa shape index (κ3) is 7.63. The molecule has 0 aliphatic carbocycles. The number of aromatic nitrogens is 2. The molecule has 1 aromatic heterocycles. The van der Waals surface area contributed by atoms with Crippen LogP contribution in [0.3, 0.4) is 0 Å². The molecule has 0 radical (unpaired) electrons. The number of allylic oxidation sites excluding steroid dienone is 1. The highest BCUT2D eigenvalue weighted by molar-refractivity contribution is 6.31. The molecule has 5 nitrogen and oxygen atoms in total. The fourth-order valence-corrected chi connectivity index (χ4v) is 3.95. The van der Waals surface area contributed by atoms with Crippen molar-refractivity contribution in [3.8, 4) is 0 Å². The molecule has 1 amide bonds. The molecule has 1 aromatic carbocycles. The third-order valence-electron chi connectivity index (χ3n) is 5.71. The Bertz CT molecular complexity index is 920. The third-order valence-corrected chi connectivity index (χ3v) is 6.07. The second-order valence-corrected chi connectivity index (χ2v) is 8.71. The van der Waals surface area contributed by atoms with Gasteiger partial charge in [0.05, 0.1) is 12.7 Å². The Kier molecular flexibility index (Phi) is 10.7. The highest BCUT2D eigenvalue weighted by Crippen LogP contribution is 2.16. The summed E-state index contributed by atoms with van der Waals surface area (Å²) in [6, 6.07) is 7.91.